The van der Waals surface area contributed by atoms with Gasteiger partial charge in [-0.15, -0.1) is 0 Å². The van der Waals surface area contributed by atoms with E-state index < -0.39 is 42.0 Å². The van der Waals surface area contributed by atoms with Gasteiger partial charge in [-0.3, -0.25) is 19.3 Å². The van der Waals surface area contributed by atoms with Crippen molar-refractivity contribution in [3.8, 4) is 5.75 Å². The molecule has 0 unspecified atom stereocenters. The fourth-order valence-electron chi connectivity index (χ4n) is 3.29. The third-order valence-corrected chi connectivity index (χ3v) is 5.29. The molecule has 29 heavy (non-hydrogen) atoms. The number of rotatable bonds is 8. The fraction of sp³-hybridized carbons (Fsp3) is 0.500. The number of carbonyl (C=O) groups excluding carboxylic acids is 4. The molecule has 3 rings (SSSR count). The standard InChI is InChI=1S/C20H25N3O6/c1-12(17(25)21-10-13-4-8-15(28-3)9-5-13)29-16(24)11-23-18(26)20(2,14-6-7-14)22-19(23)27/h4-5,8-9,12,14H,6-7,10-11H2,1-3H3,(H,21,25)(H,22,27)/t12-,20+/m1/s1. The summed E-state index contributed by atoms with van der Waals surface area (Å²) >= 11 is 0. The number of nitrogens with zero attached hydrogens (tertiary/aromatic N) is 1. The van der Waals surface area contributed by atoms with Crippen LogP contribution in [0.4, 0.5) is 4.79 Å². The highest BCUT2D eigenvalue weighted by molar-refractivity contribution is 6.08. The van der Waals surface area contributed by atoms with Crippen LogP contribution in [-0.2, 0) is 25.7 Å². The molecule has 156 valence electrons. The van der Waals surface area contributed by atoms with Crippen molar-refractivity contribution in [1.29, 1.82) is 0 Å². The van der Waals surface area contributed by atoms with Crippen LogP contribution in [0.15, 0.2) is 24.3 Å². The normalized spacial score (nSPS) is 22.1. The van der Waals surface area contributed by atoms with E-state index in [2.05, 4.69) is 10.6 Å². The zero-order valence-electron chi connectivity index (χ0n) is 16.7. The van der Waals surface area contributed by atoms with E-state index >= 15 is 0 Å². The lowest BCUT2D eigenvalue weighted by Gasteiger charge is -2.21. The maximum atomic E-state index is 12.5. The molecule has 1 saturated heterocycles. The second kappa shape index (κ2) is 8.10. The van der Waals surface area contributed by atoms with E-state index in [9.17, 15) is 19.2 Å². The van der Waals surface area contributed by atoms with E-state index in [4.69, 9.17) is 9.47 Å². The van der Waals surface area contributed by atoms with E-state index in [-0.39, 0.29) is 12.5 Å². The summed E-state index contributed by atoms with van der Waals surface area (Å²) in [6.07, 6.45) is 0.676. The van der Waals surface area contributed by atoms with Crippen molar-refractivity contribution in [3.05, 3.63) is 29.8 Å². The first kappa shape index (κ1) is 20.6. The number of esters is 1. The van der Waals surface area contributed by atoms with Gasteiger partial charge in [0, 0.05) is 6.54 Å². The molecule has 0 radical (unpaired) electrons. The molecule has 1 aliphatic carbocycles. The number of amides is 4. The Kier molecular flexibility index (Phi) is 5.76. The zero-order valence-corrected chi connectivity index (χ0v) is 16.7. The van der Waals surface area contributed by atoms with Crippen LogP contribution in [0.25, 0.3) is 0 Å². The van der Waals surface area contributed by atoms with E-state index in [1.54, 1.807) is 26.2 Å². The topological polar surface area (TPSA) is 114 Å². The highest BCUT2D eigenvalue weighted by Crippen LogP contribution is 2.42. The summed E-state index contributed by atoms with van der Waals surface area (Å²) in [4.78, 5) is 49.8. The summed E-state index contributed by atoms with van der Waals surface area (Å²) in [6.45, 7) is 2.84. The van der Waals surface area contributed by atoms with Gasteiger partial charge in [-0.2, -0.15) is 0 Å². The predicted octanol–water partition coefficient (Wildman–Crippen LogP) is 0.964. The van der Waals surface area contributed by atoms with Gasteiger partial charge in [0.1, 0.15) is 17.8 Å². The summed E-state index contributed by atoms with van der Waals surface area (Å²) in [7, 11) is 1.57. The van der Waals surface area contributed by atoms with E-state index in [0.717, 1.165) is 23.3 Å². The van der Waals surface area contributed by atoms with Gasteiger partial charge in [0.25, 0.3) is 11.8 Å². The molecule has 1 aromatic rings. The molecule has 1 heterocycles. The quantitative estimate of drug-likeness (QED) is 0.494. The smallest absolute Gasteiger partial charge is 0.327 e. The number of hydrogen-bond donors (Lipinski definition) is 2. The SMILES string of the molecule is COc1ccc(CNC(=O)[C@@H](C)OC(=O)CN2C(=O)N[C@@](C)(C3CC3)C2=O)cc1. The van der Waals surface area contributed by atoms with Crippen LogP contribution >= 0.6 is 0 Å². The van der Waals surface area contributed by atoms with Crippen molar-refractivity contribution >= 4 is 23.8 Å². The summed E-state index contributed by atoms with van der Waals surface area (Å²) in [5.41, 5.74) is -0.102. The van der Waals surface area contributed by atoms with Crippen LogP contribution in [0.5, 0.6) is 5.75 Å². The maximum Gasteiger partial charge on any atom is 0.327 e. The maximum absolute atomic E-state index is 12.5. The number of nitrogens with one attached hydrogen (secondary N) is 2. The average molecular weight is 403 g/mol. The molecule has 2 fully saturated rings. The van der Waals surface area contributed by atoms with Crippen molar-refractivity contribution in [2.45, 2.75) is 44.9 Å². The molecule has 9 heteroatoms. The van der Waals surface area contributed by atoms with E-state index in [1.807, 2.05) is 12.1 Å². The highest BCUT2D eigenvalue weighted by atomic mass is 16.5. The second-order valence-corrected chi connectivity index (χ2v) is 7.50. The first-order valence-corrected chi connectivity index (χ1v) is 9.49. The molecular weight excluding hydrogens is 378 g/mol. The molecule has 1 saturated carbocycles. The molecule has 4 amide bonds. The molecule has 9 nitrogen and oxygen atoms in total. The molecule has 1 aliphatic heterocycles. The third-order valence-electron chi connectivity index (χ3n) is 5.29. The van der Waals surface area contributed by atoms with E-state index in [0.29, 0.717) is 5.75 Å². The van der Waals surface area contributed by atoms with Crippen LogP contribution in [-0.4, -0.2) is 54.0 Å². The molecule has 2 aliphatic rings. The molecule has 2 N–H and O–H groups in total. The lowest BCUT2D eigenvalue weighted by molar-refractivity contribution is -0.156. The Morgan fingerprint density at radius 2 is 1.93 bits per heavy atom. The fourth-order valence-corrected chi connectivity index (χ4v) is 3.29. The van der Waals surface area contributed by atoms with E-state index in [1.165, 1.54) is 6.92 Å². The Labute approximate surface area is 168 Å². The monoisotopic (exact) mass is 403 g/mol. The summed E-state index contributed by atoms with van der Waals surface area (Å²) in [5, 5.41) is 5.33. The highest BCUT2D eigenvalue weighted by Gasteiger charge is 2.56. The molecular formula is C20H25N3O6. The van der Waals surface area contributed by atoms with Gasteiger partial charge in [0.05, 0.1) is 7.11 Å². The van der Waals surface area contributed by atoms with Crippen LogP contribution in [0.1, 0.15) is 32.3 Å². The Morgan fingerprint density at radius 3 is 2.52 bits per heavy atom. The van der Waals surface area contributed by atoms with Crippen LogP contribution in [0.3, 0.4) is 0 Å². The van der Waals surface area contributed by atoms with Crippen LogP contribution in [0, 0.1) is 5.92 Å². The third kappa shape index (κ3) is 4.49. The number of carbonyl (C=O) groups is 4. The van der Waals surface area contributed by atoms with Crippen LogP contribution < -0.4 is 15.4 Å². The minimum absolute atomic E-state index is 0.0997. The lowest BCUT2D eigenvalue weighted by Crippen LogP contribution is -2.46. The minimum Gasteiger partial charge on any atom is -0.497 e. The van der Waals surface area contributed by atoms with Gasteiger partial charge in [0.2, 0.25) is 0 Å². The van der Waals surface area contributed by atoms with Gasteiger partial charge >= 0.3 is 12.0 Å². The number of ether oxygens (including phenoxy) is 2. The Morgan fingerprint density at radius 1 is 1.28 bits per heavy atom. The number of urea groups is 1. The molecule has 0 aromatic heterocycles. The predicted molar refractivity (Wildman–Crippen MR) is 102 cm³/mol. The van der Waals surface area contributed by atoms with Crippen molar-refractivity contribution in [3.63, 3.8) is 0 Å². The first-order valence-electron chi connectivity index (χ1n) is 9.49. The number of methoxy groups -OCH3 is 1. The largest absolute Gasteiger partial charge is 0.497 e. The molecule has 2 atom stereocenters. The Hall–Kier alpha value is -3.10. The molecule has 1 aromatic carbocycles. The molecule has 0 spiro atoms. The van der Waals surface area contributed by atoms with Crippen molar-refractivity contribution < 1.29 is 28.7 Å². The minimum atomic E-state index is -1.06. The Bertz CT molecular complexity index is 820. The van der Waals surface area contributed by atoms with Gasteiger partial charge in [0.15, 0.2) is 6.10 Å². The lowest BCUT2D eigenvalue weighted by atomic mass is 9.96. The number of benzene rings is 1. The van der Waals surface area contributed by atoms with Gasteiger partial charge in [-0.25, -0.2) is 4.79 Å². The number of hydrogen-bond acceptors (Lipinski definition) is 6. The first-order chi connectivity index (χ1) is 13.7. The van der Waals surface area contributed by atoms with Gasteiger partial charge in [-0.05, 0) is 50.3 Å². The summed E-state index contributed by atoms with van der Waals surface area (Å²) in [5.74, 6) is -0.920. The van der Waals surface area contributed by atoms with Crippen molar-refractivity contribution in [2.24, 2.45) is 5.92 Å². The molecule has 0 bridgehead atoms. The zero-order chi connectivity index (χ0) is 21.2. The van der Waals surface area contributed by atoms with Crippen LogP contribution in [0.2, 0.25) is 0 Å². The van der Waals surface area contributed by atoms with Gasteiger partial charge in [-0.1, -0.05) is 12.1 Å². The second-order valence-electron chi connectivity index (χ2n) is 7.50. The summed E-state index contributed by atoms with van der Waals surface area (Å²) in [6, 6.07) is 6.56. The van der Waals surface area contributed by atoms with Crippen molar-refractivity contribution in [2.75, 3.05) is 13.7 Å². The summed E-state index contributed by atoms with van der Waals surface area (Å²) < 4.78 is 10.2. The average Bonchev–Trinajstić information content (AvgIpc) is 3.52. The Balaban J connectivity index is 1.47. The van der Waals surface area contributed by atoms with Gasteiger partial charge < -0.3 is 20.1 Å². The number of imide groups is 1. The van der Waals surface area contributed by atoms with Crippen molar-refractivity contribution in [1.82, 2.24) is 15.5 Å².